The molecule has 0 saturated heterocycles. The van der Waals surface area contributed by atoms with Crippen molar-refractivity contribution in [1.82, 2.24) is 9.78 Å². The lowest BCUT2D eigenvalue weighted by Gasteiger charge is -2.03. The highest BCUT2D eigenvalue weighted by molar-refractivity contribution is 7.98. The molecule has 0 amide bonds. The van der Waals surface area contributed by atoms with E-state index in [9.17, 15) is 9.18 Å². The van der Waals surface area contributed by atoms with Crippen molar-refractivity contribution < 1.29 is 9.18 Å². The smallest absolute Gasteiger partial charge is 0.153 e. The molecule has 0 atom stereocenters. The van der Waals surface area contributed by atoms with Crippen molar-refractivity contribution in [1.29, 1.82) is 0 Å². The molecule has 0 saturated carbocycles. The van der Waals surface area contributed by atoms with Crippen LogP contribution in [0.25, 0.3) is 11.3 Å². The summed E-state index contributed by atoms with van der Waals surface area (Å²) in [7, 11) is 0. The molecule has 2 aromatic rings. The predicted molar refractivity (Wildman–Crippen MR) is 79.7 cm³/mol. The van der Waals surface area contributed by atoms with Crippen LogP contribution in [0.5, 0.6) is 0 Å². The van der Waals surface area contributed by atoms with Crippen LogP contribution < -0.4 is 0 Å². The molecule has 0 spiro atoms. The van der Waals surface area contributed by atoms with Crippen LogP contribution in [0.4, 0.5) is 4.39 Å². The van der Waals surface area contributed by atoms with Gasteiger partial charge in [-0.3, -0.25) is 9.48 Å². The average Bonchev–Trinajstić information content (AvgIpc) is 2.88. The van der Waals surface area contributed by atoms with E-state index in [4.69, 9.17) is 0 Å². The fourth-order valence-electron chi connectivity index (χ4n) is 2.00. The van der Waals surface area contributed by atoms with E-state index in [1.165, 1.54) is 17.8 Å². The summed E-state index contributed by atoms with van der Waals surface area (Å²) in [6.07, 6.45) is 6.37. The molecule has 2 rings (SSSR count). The zero-order chi connectivity index (χ0) is 14.5. The van der Waals surface area contributed by atoms with Crippen molar-refractivity contribution in [3.63, 3.8) is 0 Å². The number of carbonyl (C=O) groups excluding carboxylic acids is 1. The first-order valence-electron chi connectivity index (χ1n) is 6.56. The Labute approximate surface area is 122 Å². The number of hydrogen-bond acceptors (Lipinski definition) is 3. The third kappa shape index (κ3) is 3.10. The van der Waals surface area contributed by atoms with Gasteiger partial charge in [0.2, 0.25) is 0 Å². The molecule has 0 N–H and O–H groups in total. The third-order valence-corrected chi connectivity index (χ3v) is 3.85. The third-order valence-electron chi connectivity index (χ3n) is 3.08. The average molecular weight is 292 g/mol. The highest BCUT2D eigenvalue weighted by atomic mass is 32.2. The zero-order valence-electron chi connectivity index (χ0n) is 11.6. The maximum absolute atomic E-state index is 13.8. The Morgan fingerprint density at radius 3 is 2.85 bits per heavy atom. The molecule has 0 aliphatic rings. The molecular formula is C15H17FN2OS. The second-order valence-electron chi connectivity index (χ2n) is 4.52. The Balaban J connectivity index is 2.38. The van der Waals surface area contributed by atoms with E-state index < -0.39 is 0 Å². The number of carbonyl (C=O) groups is 1. The highest BCUT2D eigenvalue weighted by Gasteiger charge is 2.12. The van der Waals surface area contributed by atoms with Crippen molar-refractivity contribution in [2.75, 3.05) is 6.26 Å². The van der Waals surface area contributed by atoms with Crippen LogP contribution in [0.1, 0.15) is 30.1 Å². The fraction of sp³-hybridized carbons (Fsp3) is 0.333. The molecule has 0 radical (unpaired) electrons. The SMILES string of the molecule is CCCCn1cc(C=O)c(-c2ccc(SC)c(F)c2)n1. The zero-order valence-corrected chi connectivity index (χ0v) is 12.4. The second-order valence-corrected chi connectivity index (χ2v) is 5.36. The molecule has 106 valence electrons. The summed E-state index contributed by atoms with van der Waals surface area (Å²) in [6, 6.07) is 4.95. The lowest BCUT2D eigenvalue weighted by Crippen LogP contribution is -1.98. The van der Waals surface area contributed by atoms with E-state index in [1.54, 1.807) is 23.0 Å². The molecule has 0 bridgehead atoms. The molecule has 1 heterocycles. The number of halogens is 1. The lowest BCUT2D eigenvalue weighted by atomic mass is 10.1. The van der Waals surface area contributed by atoms with Crippen LogP contribution in [0.15, 0.2) is 29.3 Å². The normalized spacial score (nSPS) is 10.8. The van der Waals surface area contributed by atoms with Crippen LogP contribution in [0.3, 0.4) is 0 Å². The summed E-state index contributed by atoms with van der Waals surface area (Å²) < 4.78 is 15.6. The van der Waals surface area contributed by atoms with Crippen molar-refractivity contribution in [2.45, 2.75) is 31.2 Å². The second kappa shape index (κ2) is 6.70. The predicted octanol–water partition coefficient (Wildman–Crippen LogP) is 4.02. The molecule has 1 aromatic heterocycles. The number of hydrogen-bond donors (Lipinski definition) is 0. The standard InChI is InChI=1S/C15H17FN2OS/c1-3-4-7-18-9-12(10-19)15(17-18)11-5-6-14(20-2)13(16)8-11/h5-6,8-10H,3-4,7H2,1-2H3. The van der Waals surface area contributed by atoms with Gasteiger partial charge in [0.15, 0.2) is 6.29 Å². The Kier molecular flexibility index (Phi) is 4.95. The summed E-state index contributed by atoms with van der Waals surface area (Å²) in [5.74, 6) is -0.282. The van der Waals surface area contributed by atoms with Crippen LogP contribution in [0, 0.1) is 5.82 Å². The molecule has 20 heavy (non-hydrogen) atoms. The number of aryl methyl sites for hydroxylation is 1. The van der Waals surface area contributed by atoms with Crippen molar-refractivity contribution in [3.8, 4) is 11.3 Å². The van der Waals surface area contributed by atoms with Gasteiger partial charge in [-0.15, -0.1) is 11.8 Å². The minimum absolute atomic E-state index is 0.282. The molecule has 1 aromatic carbocycles. The van der Waals surface area contributed by atoms with E-state index >= 15 is 0 Å². The van der Waals surface area contributed by atoms with Gasteiger partial charge >= 0.3 is 0 Å². The minimum atomic E-state index is -0.282. The quantitative estimate of drug-likeness (QED) is 0.595. The van der Waals surface area contributed by atoms with Gasteiger partial charge in [0, 0.05) is 23.2 Å². The molecule has 5 heteroatoms. The first-order chi connectivity index (χ1) is 9.69. The van der Waals surface area contributed by atoms with E-state index in [2.05, 4.69) is 12.0 Å². The van der Waals surface area contributed by atoms with E-state index in [0.717, 1.165) is 25.7 Å². The van der Waals surface area contributed by atoms with Crippen molar-refractivity contribution in [2.24, 2.45) is 0 Å². The van der Waals surface area contributed by atoms with Gasteiger partial charge in [0.25, 0.3) is 0 Å². The number of nitrogens with zero attached hydrogens (tertiary/aromatic N) is 2. The highest BCUT2D eigenvalue weighted by Crippen LogP contribution is 2.27. The number of benzene rings is 1. The van der Waals surface area contributed by atoms with Crippen LogP contribution in [-0.4, -0.2) is 22.3 Å². The Morgan fingerprint density at radius 1 is 1.45 bits per heavy atom. The Morgan fingerprint density at radius 2 is 2.25 bits per heavy atom. The topological polar surface area (TPSA) is 34.9 Å². The maximum atomic E-state index is 13.8. The summed E-state index contributed by atoms with van der Waals surface area (Å²) >= 11 is 1.36. The van der Waals surface area contributed by atoms with Gasteiger partial charge in [-0.05, 0) is 24.8 Å². The first-order valence-corrected chi connectivity index (χ1v) is 7.78. The first kappa shape index (κ1) is 14.8. The lowest BCUT2D eigenvalue weighted by molar-refractivity contribution is 0.112. The Bertz CT molecular complexity index is 610. The van der Waals surface area contributed by atoms with E-state index in [1.807, 2.05) is 6.26 Å². The van der Waals surface area contributed by atoms with Gasteiger partial charge < -0.3 is 0 Å². The van der Waals surface area contributed by atoms with Crippen LogP contribution >= 0.6 is 11.8 Å². The Hall–Kier alpha value is -1.62. The van der Waals surface area contributed by atoms with Crippen molar-refractivity contribution >= 4 is 18.0 Å². The van der Waals surface area contributed by atoms with Gasteiger partial charge in [-0.1, -0.05) is 19.4 Å². The number of thioether (sulfide) groups is 1. The molecule has 0 aliphatic carbocycles. The fourth-order valence-corrected chi connectivity index (χ4v) is 2.45. The molecule has 3 nitrogen and oxygen atoms in total. The molecular weight excluding hydrogens is 275 g/mol. The van der Waals surface area contributed by atoms with Gasteiger partial charge in [-0.25, -0.2) is 4.39 Å². The van der Waals surface area contributed by atoms with Crippen LogP contribution in [-0.2, 0) is 6.54 Å². The monoisotopic (exact) mass is 292 g/mol. The number of aldehydes is 1. The number of rotatable bonds is 6. The molecule has 0 aliphatic heterocycles. The van der Waals surface area contributed by atoms with Gasteiger partial charge in [0.05, 0.1) is 5.56 Å². The summed E-state index contributed by atoms with van der Waals surface area (Å²) in [6.45, 7) is 2.87. The largest absolute Gasteiger partial charge is 0.298 e. The maximum Gasteiger partial charge on any atom is 0.153 e. The number of unbranched alkanes of at least 4 members (excludes halogenated alkanes) is 1. The van der Waals surface area contributed by atoms with Gasteiger partial charge in [0.1, 0.15) is 11.5 Å². The van der Waals surface area contributed by atoms with Crippen molar-refractivity contribution in [3.05, 3.63) is 35.8 Å². The summed E-state index contributed by atoms with van der Waals surface area (Å²) in [5, 5.41) is 4.40. The van der Waals surface area contributed by atoms with Gasteiger partial charge in [-0.2, -0.15) is 5.10 Å². The van der Waals surface area contributed by atoms with Crippen LogP contribution in [0.2, 0.25) is 0 Å². The van der Waals surface area contributed by atoms with E-state index in [0.29, 0.717) is 21.7 Å². The summed E-state index contributed by atoms with van der Waals surface area (Å²) in [5.41, 5.74) is 1.68. The molecule has 0 fully saturated rings. The minimum Gasteiger partial charge on any atom is -0.298 e. The summed E-state index contributed by atoms with van der Waals surface area (Å²) in [4.78, 5) is 11.7. The number of aromatic nitrogens is 2. The van der Waals surface area contributed by atoms with E-state index in [-0.39, 0.29) is 5.82 Å². The molecule has 0 unspecified atom stereocenters.